The van der Waals surface area contributed by atoms with Gasteiger partial charge < -0.3 is 0 Å². The lowest BCUT2D eigenvalue weighted by Gasteiger charge is -1.91. The Morgan fingerprint density at radius 2 is 2.50 bits per heavy atom. The van der Waals surface area contributed by atoms with Crippen LogP contribution in [0.4, 0.5) is 0 Å². The molecule has 1 rings (SSSR count). The molecule has 0 radical (unpaired) electrons. The summed E-state index contributed by atoms with van der Waals surface area (Å²) in [5.74, 6) is -0.0856. The maximum absolute atomic E-state index is 11.0. The Kier molecular flexibility index (Phi) is 1.67. The largest absolute Gasteiger partial charge is 0.287 e. The summed E-state index contributed by atoms with van der Waals surface area (Å²) in [7, 11) is 0. The fourth-order valence-electron chi connectivity index (χ4n) is 0.612. The maximum atomic E-state index is 11.0. The second-order valence-electron chi connectivity index (χ2n) is 2.08. The van der Waals surface area contributed by atoms with Gasteiger partial charge in [0.2, 0.25) is 5.78 Å². The predicted octanol–water partition coefficient (Wildman–Crippen LogP) is 1.17. The molecule has 0 aliphatic carbocycles. The van der Waals surface area contributed by atoms with Crippen LogP contribution in [0.2, 0.25) is 0 Å². The van der Waals surface area contributed by atoms with Gasteiger partial charge in [-0.15, -0.1) is 0 Å². The van der Waals surface area contributed by atoms with Crippen molar-refractivity contribution < 1.29 is 4.79 Å². The molecule has 0 fully saturated rings. The van der Waals surface area contributed by atoms with Crippen molar-refractivity contribution in [1.29, 1.82) is 0 Å². The van der Waals surface area contributed by atoms with Crippen molar-refractivity contribution in [2.24, 2.45) is 0 Å². The molecule has 0 bridgehead atoms. The van der Waals surface area contributed by atoms with E-state index in [4.69, 9.17) is 0 Å². The summed E-state index contributed by atoms with van der Waals surface area (Å²) in [4.78, 5) is 11.0. The zero-order valence-corrected chi connectivity index (χ0v) is 5.72. The second kappa shape index (κ2) is 2.47. The first kappa shape index (κ1) is 6.74. The normalized spacial score (nSPS) is 9.30. The van der Waals surface area contributed by atoms with E-state index in [0.717, 1.165) is 0 Å². The minimum absolute atomic E-state index is 0.0856. The van der Waals surface area contributed by atoms with Crippen LogP contribution in [0, 0.1) is 0 Å². The van der Waals surface area contributed by atoms with Crippen molar-refractivity contribution in [3.8, 4) is 0 Å². The molecule has 3 nitrogen and oxygen atoms in total. The van der Waals surface area contributed by atoms with Gasteiger partial charge in [-0.05, 0) is 18.6 Å². The smallest absolute Gasteiger partial charge is 0.205 e. The third-order valence-electron chi connectivity index (χ3n) is 1.13. The summed E-state index contributed by atoms with van der Waals surface area (Å²) in [6, 6.07) is 1.62. The second-order valence-corrected chi connectivity index (χ2v) is 2.08. The first-order valence-corrected chi connectivity index (χ1v) is 2.91. The third kappa shape index (κ3) is 1.13. The summed E-state index contributed by atoms with van der Waals surface area (Å²) in [5, 5.41) is 6.20. The molecular formula is C7H8N2O. The number of aromatic amines is 1. The van der Waals surface area contributed by atoms with Crippen LogP contribution < -0.4 is 0 Å². The molecule has 1 aromatic rings. The van der Waals surface area contributed by atoms with Crippen molar-refractivity contribution in [3.63, 3.8) is 0 Å². The summed E-state index contributed by atoms with van der Waals surface area (Å²) in [5.41, 5.74) is 1.01. The number of nitrogens with one attached hydrogen (secondary N) is 1. The molecule has 3 heteroatoms. The Morgan fingerprint density at radius 1 is 1.80 bits per heavy atom. The number of hydrogen-bond acceptors (Lipinski definition) is 2. The molecule has 0 aliphatic rings. The van der Waals surface area contributed by atoms with Gasteiger partial charge in [0.05, 0.1) is 0 Å². The lowest BCUT2D eigenvalue weighted by molar-refractivity contribution is 0.103. The number of carbonyl (C=O) groups is 1. The Morgan fingerprint density at radius 3 is 2.90 bits per heavy atom. The van der Waals surface area contributed by atoms with E-state index in [0.29, 0.717) is 11.3 Å². The molecule has 0 amide bonds. The van der Waals surface area contributed by atoms with Crippen molar-refractivity contribution >= 4 is 5.78 Å². The Balaban J connectivity index is 2.88. The molecule has 0 aromatic carbocycles. The van der Waals surface area contributed by atoms with Gasteiger partial charge >= 0.3 is 0 Å². The van der Waals surface area contributed by atoms with Gasteiger partial charge in [-0.1, -0.05) is 6.58 Å². The summed E-state index contributed by atoms with van der Waals surface area (Å²) in [6.07, 6.45) is 1.54. The lowest BCUT2D eigenvalue weighted by atomic mass is 10.2. The molecule has 1 aromatic heterocycles. The van der Waals surface area contributed by atoms with E-state index < -0.39 is 0 Å². The number of aromatic nitrogens is 2. The minimum Gasteiger partial charge on any atom is -0.287 e. The van der Waals surface area contributed by atoms with Gasteiger partial charge in [0, 0.05) is 6.20 Å². The highest BCUT2D eigenvalue weighted by atomic mass is 16.1. The van der Waals surface area contributed by atoms with E-state index in [1.54, 1.807) is 13.0 Å². The summed E-state index contributed by atoms with van der Waals surface area (Å²) >= 11 is 0. The van der Waals surface area contributed by atoms with Gasteiger partial charge in [0.1, 0.15) is 5.69 Å². The van der Waals surface area contributed by atoms with Crippen LogP contribution in [0.15, 0.2) is 24.4 Å². The molecule has 0 saturated carbocycles. The topological polar surface area (TPSA) is 45.8 Å². The molecule has 52 valence electrons. The number of carbonyl (C=O) groups excluding carboxylic acids is 1. The first-order valence-electron chi connectivity index (χ1n) is 2.91. The average Bonchev–Trinajstić information content (AvgIpc) is 2.36. The molecule has 0 saturated heterocycles. The van der Waals surface area contributed by atoms with E-state index in [1.165, 1.54) is 6.20 Å². The van der Waals surface area contributed by atoms with E-state index >= 15 is 0 Å². The SMILES string of the molecule is C=C(C)C(=O)c1ccn[nH]1. The zero-order chi connectivity index (χ0) is 7.56. The van der Waals surface area contributed by atoms with Crippen molar-refractivity contribution in [3.05, 3.63) is 30.1 Å². The zero-order valence-electron chi connectivity index (χ0n) is 5.72. The molecule has 1 heterocycles. The predicted molar refractivity (Wildman–Crippen MR) is 37.7 cm³/mol. The minimum atomic E-state index is -0.0856. The Bertz CT molecular complexity index is 249. The van der Waals surface area contributed by atoms with E-state index in [-0.39, 0.29) is 5.78 Å². The number of rotatable bonds is 2. The third-order valence-corrected chi connectivity index (χ3v) is 1.13. The number of nitrogens with zero attached hydrogens (tertiary/aromatic N) is 1. The number of Topliss-reactive ketones (excluding diaryl/α,β-unsaturated/α-hetero) is 1. The van der Waals surface area contributed by atoms with Gasteiger partial charge in [-0.3, -0.25) is 9.89 Å². The van der Waals surface area contributed by atoms with Crippen LogP contribution in [0.1, 0.15) is 17.4 Å². The molecule has 0 aliphatic heterocycles. The monoisotopic (exact) mass is 136 g/mol. The van der Waals surface area contributed by atoms with Gasteiger partial charge in [-0.25, -0.2) is 0 Å². The number of H-pyrrole nitrogens is 1. The number of hydrogen-bond donors (Lipinski definition) is 1. The average molecular weight is 136 g/mol. The molecule has 0 unspecified atom stereocenters. The molecule has 10 heavy (non-hydrogen) atoms. The van der Waals surface area contributed by atoms with E-state index in [1.807, 2.05) is 0 Å². The Hall–Kier alpha value is -1.38. The van der Waals surface area contributed by atoms with Crippen molar-refractivity contribution in [1.82, 2.24) is 10.2 Å². The highest BCUT2D eigenvalue weighted by molar-refractivity contribution is 6.06. The molecular weight excluding hydrogens is 128 g/mol. The summed E-state index contributed by atoms with van der Waals surface area (Å²) < 4.78 is 0. The van der Waals surface area contributed by atoms with Crippen molar-refractivity contribution in [2.45, 2.75) is 6.92 Å². The van der Waals surface area contributed by atoms with Crippen LogP contribution in [0.25, 0.3) is 0 Å². The standard InChI is InChI=1S/C7H8N2O/c1-5(2)7(10)6-3-4-8-9-6/h3-4H,1H2,2H3,(H,8,9). The maximum Gasteiger partial charge on any atom is 0.205 e. The number of allylic oxidation sites excluding steroid dienone is 1. The van der Waals surface area contributed by atoms with Gasteiger partial charge in [-0.2, -0.15) is 5.10 Å². The fourth-order valence-corrected chi connectivity index (χ4v) is 0.612. The molecule has 0 atom stereocenters. The number of ketones is 1. The van der Waals surface area contributed by atoms with Crippen LogP contribution in [-0.2, 0) is 0 Å². The van der Waals surface area contributed by atoms with Crippen LogP contribution >= 0.6 is 0 Å². The highest BCUT2D eigenvalue weighted by Crippen LogP contribution is 2.00. The highest BCUT2D eigenvalue weighted by Gasteiger charge is 2.05. The van der Waals surface area contributed by atoms with Crippen molar-refractivity contribution in [2.75, 3.05) is 0 Å². The quantitative estimate of drug-likeness (QED) is 0.490. The fraction of sp³-hybridized carbons (Fsp3) is 0.143. The van der Waals surface area contributed by atoms with E-state index in [2.05, 4.69) is 16.8 Å². The lowest BCUT2D eigenvalue weighted by Crippen LogP contribution is -1.99. The van der Waals surface area contributed by atoms with Crippen LogP contribution in [0.3, 0.4) is 0 Å². The molecule has 0 spiro atoms. The van der Waals surface area contributed by atoms with Gasteiger partial charge in [0.15, 0.2) is 0 Å². The first-order chi connectivity index (χ1) is 4.72. The van der Waals surface area contributed by atoms with Gasteiger partial charge in [0.25, 0.3) is 0 Å². The van der Waals surface area contributed by atoms with Crippen LogP contribution in [0.5, 0.6) is 0 Å². The Labute approximate surface area is 58.8 Å². The van der Waals surface area contributed by atoms with E-state index in [9.17, 15) is 4.79 Å². The van der Waals surface area contributed by atoms with Crippen LogP contribution in [-0.4, -0.2) is 16.0 Å². The summed E-state index contributed by atoms with van der Waals surface area (Å²) in [6.45, 7) is 5.18. The molecule has 1 N–H and O–H groups in total.